The molecular weight excluding hydrogens is 130 g/mol. The molecule has 0 aromatic heterocycles. The fraction of sp³-hybridized carbons (Fsp3) is 1.00. The van der Waals surface area contributed by atoms with Crippen molar-refractivity contribution in [3.63, 3.8) is 0 Å². The van der Waals surface area contributed by atoms with Gasteiger partial charge >= 0.3 is 0 Å². The highest BCUT2D eigenvalue weighted by atomic mass is 32.2. The van der Waals surface area contributed by atoms with Crippen molar-refractivity contribution in [1.29, 1.82) is 0 Å². The van der Waals surface area contributed by atoms with Gasteiger partial charge in [0.1, 0.15) is 0 Å². The summed E-state index contributed by atoms with van der Waals surface area (Å²) in [6.07, 6.45) is 0. The van der Waals surface area contributed by atoms with Gasteiger partial charge in [0, 0.05) is 13.1 Å². The van der Waals surface area contributed by atoms with Gasteiger partial charge in [-0.2, -0.15) is 5.06 Å². The molecule has 1 rings (SSSR count). The van der Waals surface area contributed by atoms with Gasteiger partial charge in [-0.05, 0) is 11.1 Å². The van der Waals surface area contributed by atoms with Crippen LogP contribution < -0.4 is 0 Å². The van der Waals surface area contributed by atoms with E-state index in [0.717, 1.165) is 5.06 Å². The van der Waals surface area contributed by atoms with Crippen molar-refractivity contribution in [2.24, 2.45) is 0 Å². The van der Waals surface area contributed by atoms with E-state index in [4.69, 9.17) is 5.21 Å². The van der Waals surface area contributed by atoms with Crippen LogP contribution in [0.4, 0.5) is 0 Å². The molecule has 4 nitrogen and oxygen atoms in total. The molecule has 0 aromatic carbocycles. The number of nitrogens with zero attached hydrogens (tertiary/aromatic N) is 1. The van der Waals surface area contributed by atoms with Gasteiger partial charge in [0.05, 0.1) is 5.25 Å². The molecule has 0 aromatic rings. The van der Waals surface area contributed by atoms with E-state index in [-0.39, 0.29) is 18.3 Å². The molecule has 8 heavy (non-hydrogen) atoms. The van der Waals surface area contributed by atoms with Crippen molar-refractivity contribution in [3.8, 4) is 0 Å². The van der Waals surface area contributed by atoms with E-state index in [0.29, 0.717) is 0 Å². The highest BCUT2D eigenvalue weighted by molar-refractivity contribution is 7.79. The third kappa shape index (κ3) is 1.05. The fourth-order valence-corrected chi connectivity index (χ4v) is 1.13. The predicted octanol–water partition coefficient (Wildman–Crippen LogP) is -1.06. The second-order valence-electron chi connectivity index (χ2n) is 1.75. The van der Waals surface area contributed by atoms with Crippen LogP contribution in [-0.2, 0) is 11.1 Å². The average Bonchev–Trinajstić information content (AvgIpc) is 1.57. The molecule has 48 valence electrons. The normalized spacial score (nSPS) is 27.2. The van der Waals surface area contributed by atoms with Gasteiger partial charge in [-0.25, -0.2) is 0 Å². The van der Waals surface area contributed by atoms with Crippen LogP contribution in [0, 0.1) is 0 Å². The molecule has 1 unspecified atom stereocenters. The monoisotopic (exact) mass is 136 g/mol. The first-order valence-corrected chi connectivity index (χ1v) is 3.36. The molecule has 0 saturated carbocycles. The lowest BCUT2D eigenvalue weighted by Gasteiger charge is -2.34. The molecule has 0 spiro atoms. The Balaban J connectivity index is 2.25. The molecule has 1 saturated heterocycles. The summed E-state index contributed by atoms with van der Waals surface area (Å²) in [4.78, 5) is 0. The largest absolute Gasteiger partial charge is 0.772 e. The van der Waals surface area contributed by atoms with Crippen LogP contribution >= 0.6 is 0 Å². The van der Waals surface area contributed by atoms with Crippen LogP contribution in [0.3, 0.4) is 0 Å². The second kappa shape index (κ2) is 2.10. The van der Waals surface area contributed by atoms with Gasteiger partial charge in [-0.3, -0.25) is 4.21 Å². The first kappa shape index (κ1) is 6.15. The Morgan fingerprint density at radius 3 is 2.38 bits per heavy atom. The van der Waals surface area contributed by atoms with Crippen LogP contribution in [0.2, 0.25) is 0 Å². The van der Waals surface area contributed by atoms with Gasteiger partial charge < -0.3 is 9.76 Å². The zero-order chi connectivity index (χ0) is 6.15. The summed E-state index contributed by atoms with van der Waals surface area (Å²) in [7, 11) is 0. The van der Waals surface area contributed by atoms with E-state index in [9.17, 15) is 8.76 Å². The molecule has 1 aliphatic heterocycles. The van der Waals surface area contributed by atoms with Crippen molar-refractivity contribution >= 4 is 11.1 Å². The summed E-state index contributed by atoms with van der Waals surface area (Å²) in [6, 6.07) is 0. The van der Waals surface area contributed by atoms with Gasteiger partial charge in [0.15, 0.2) is 0 Å². The maximum atomic E-state index is 9.99. The summed E-state index contributed by atoms with van der Waals surface area (Å²) >= 11 is -2.00. The minimum absolute atomic E-state index is 0.260. The van der Waals surface area contributed by atoms with Crippen LogP contribution in [0.5, 0.6) is 0 Å². The molecule has 1 aliphatic rings. The third-order valence-corrected chi connectivity index (χ3v) is 1.94. The van der Waals surface area contributed by atoms with Crippen LogP contribution in [-0.4, -0.2) is 37.4 Å². The van der Waals surface area contributed by atoms with Gasteiger partial charge in [0.2, 0.25) is 0 Å². The fourth-order valence-electron chi connectivity index (χ4n) is 0.538. The summed E-state index contributed by atoms with van der Waals surface area (Å²) in [6.45, 7) is 0.520. The quantitative estimate of drug-likeness (QED) is 0.467. The highest BCUT2D eigenvalue weighted by Gasteiger charge is 2.25. The minimum Gasteiger partial charge on any atom is -0.772 e. The summed E-state index contributed by atoms with van der Waals surface area (Å²) in [5.74, 6) is 0. The number of rotatable bonds is 1. The summed E-state index contributed by atoms with van der Waals surface area (Å²) in [5.41, 5.74) is 0. The Morgan fingerprint density at radius 2 is 2.25 bits per heavy atom. The Bertz CT molecular complexity index is 111. The van der Waals surface area contributed by atoms with E-state index < -0.39 is 11.1 Å². The zero-order valence-corrected chi connectivity index (χ0v) is 4.93. The second-order valence-corrected chi connectivity index (χ2v) is 2.94. The number of hydroxylamine groups is 2. The molecular formula is C3H6NO3S-. The molecule has 0 amide bonds. The zero-order valence-electron chi connectivity index (χ0n) is 4.11. The van der Waals surface area contributed by atoms with Gasteiger partial charge in [-0.15, -0.1) is 0 Å². The Morgan fingerprint density at radius 1 is 1.75 bits per heavy atom. The van der Waals surface area contributed by atoms with Crippen molar-refractivity contribution in [2.75, 3.05) is 13.1 Å². The Labute approximate surface area is 49.3 Å². The lowest BCUT2D eigenvalue weighted by atomic mass is 10.3. The van der Waals surface area contributed by atoms with Gasteiger partial charge in [-0.1, -0.05) is 0 Å². The highest BCUT2D eigenvalue weighted by Crippen LogP contribution is 2.08. The molecule has 0 aliphatic carbocycles. The Hall–Kier alpha value is 0.0300. The number of hydrogen-bond acceptors (Lipinski definition) is 4. The Kier molecular flexibility index (Phi) is 1.62. The summed E-state index contributed by atoms with van der Waals surface area (Å²) in [5, 5.41) is 9.05. The minimum atomic E-state index is -2.00. The topological polar surface area (TPSA) is 63.6 Å². The lowest BCUT2D eigenvalue weighted by molar-refractivity contribution is -0.134. The standard InChI is InChI=1S/C3H7NO3S/c5-4-1-3(2-4)8(6)7/h3,5H,1-2H2,(H,6,7)/p-1. The molecule has 0 radical (unpaired) electrons. The smallest absolute Gasteiger partial charge is 0.0516 e. The molecule has 1 N–H and O–H groups in total. The van der Waals surface area contributed by atoms with Crippen LogP contribution in [0.1, 0.15) is 0 Å². The average molecular weight is 136 g/mol. The van der Waals surface area contributed by atoms with Crippen LogP contribution in [0.15, 0.2) is 0 Å². The first-order chi connectivity index (χ1) is 3.70. The molecule has 1 fully saturated rings. The van der Waals surface area contributed by atoms with Crippen molar-refractivity contribution < 1.29 is 14.0 Å². The maximum Gasteiger partial charge on any atom is 0.0516 e. The van der Waals surface area contributed by atoms with Gasteiger partial charge in [0.25, 0.3) is 0 Å². The van der Waals surface area contributed by atoms with Crippen molar-refractivity contribution in [3.05, 3.63) is 0 Å². The number of hydrogen-bond donors (Lipinski definition) is 1. The molecule has 1 heterocycles. The van der Waals surface area contributed by atoms with Crippen molar-refractivity contribution in [2.45, 2.75) is 5.25 Å². The van der Waals surface area contributed by atoms with Crippen LogP contribution in [0.25, 0.3) is 0 Å². The van der Waals surface area contributed by atoms with E-state index in [2.05, 4.69) is 0 Å². The van der Waals surface area contributed by atoms with E-state index in [1.807, 2.05) is 0 Å². The summed E-state index contributed by atoms with van der Waals surface area (Å²) < 4.78 is 20.0. The van der Waals surface area contributed by atoms with E-state index >= 15 is 0 Å². The molecule has 5 heteroatoms. The first-order valence-electron chi connectivity index (χ1n) is 2.22. The maximum absolute atomic E-state index is 9.99. The SMILES string of the molecule is O=S([O-])C1CN(O)C1. The van der Waals surface area contributed by atoms with E-state index in [1.54, 1.807) is 0 Å². The third-order valence-electron chi connectivity index (χ3n) is 1.10. The van der Waals surface area contributed by atoms with Crippen molar-refractivity contribution in [1.82, 2.24) is 5.06 Å². The lowest BCUT2D eigenvalue weighted by Crippen LogP contribution is -2.50. The molecule has 1 atom stereocenters. The predicted molar refractivity (Wildman–Crippen MR) is 26.1 cm³/mol. The molecule has 0 bridgehead atoms. The van der Waals surface area contributed by atoms with E-state index in [1.165, 1.54) is 0 Å².